The molecule has 0 radical (unpaired) electrons. The monoisotopic (exact) mass is 342 g/mol. The fourth-order valence-electron chi connectivity index (χ4n) is 3.34. The number of para-hydroxylation sites is 1. The van der Waals surface area contributed by atoms with Gasteiger partial charge >= 0.3 is 0 Å². The molecule has 0 saturated carbocycles. The lowest BCUT2D eigenvalue weighted by molar-refractivity contribution is 0.0553. The summed E-state index contributed by atoms with van der Waals surface area (Å²) >= 11 is 0. The highest BCUT2D eigenvalue weighted by Crippen LogP contribution is 2.19. The Kier molecular flexibility index (Phi) is 5.20. The van der Waals surface area contributed by atoms with Crippen molar-refractivity contribution in [2.24, 2.45) is 0 Å². The molecule has 0 spiro atoms. The molecule has 0 unspecified atom stereocenters. The van der Waals surface area contributed by atoms with Crippen LogP contribution in [0.5, 0.6) is 0 Å². The summed E-state index contributed by atoms with van der Waals surface area (Å²) in [6.45, 7) is 9.38. The van der Waals surface area contributed by atoms with E-state index in [1.54, 1.807) is 13.1 Å². The molecule has 2 heterocycles. The molecule has 0 bridgehead atoms. The fraction of sp³-hybridized carbons (Fsp3) is 0.474. The number of carbonyl (C=O) groups excluding carboxylic acids is 1. The molecular weight excluding hydrogens is 316 g/mol. The molecule has 3 rings (SSSR count). The number of amides is 1. The summed E-state index contributed by atoms with van der Waals surface area (Å²) in [6.07, 6.45) is 1.34. The highest BCUT2D eigenvalue weighted by Gasteiger charge is 2.25. The number of piperazine rings is 1. The van der Waals surface area contributed by atoms with E-state index in [9.17, 15) is 9.90 Å². The first-order valence-corrected chi connectivity index (χ1v) is 8.77. The van der Waals surface area contributed by atoms with Gasteiger partial charge in [0.05, 0.1) is 29.2 Å². The van der Waals surface area contributed by atoms with Crippen LogP contribution in [0.25, 0.3) is 5.69 Å². The average Bonchev–Trinajstić information content (AvgIpc) is 2.96. The van der Waals surface area contributed by atoms with Crippen LogP contribution in [0, 0.1) is 13.8 Å². The zero-order valence-electron chi connectivity index (χ0n) is 15.1. The highest BCUT2D eigenvalue weighted by molar-refractivity contribution is 5.95. The van der Waals surface area contributed by atoms with Crippen LogP contribution in [0.15, 0.2) is 30.5 Å². The number of aliphatic hydroxyl groups excluding tert-OH is 1. The van der Waals surface area contributed by atoms with Crippen LogP contribution in [0.2, 0.25) is 0 Å². The number of nitrogens with zero attached hydrogens (tertiary/aromatic N) is 4. The molecule has 0 aliphatic carbocycles. The number of rotatable bonds is 4. The number of aromatic nitrogens is 2. The standard InChI is InChI=1S/C19H26N4O2/c1-14-6-4-5-7-18(14)23-16(3)17(12-20-23)19(25)22-10-8-21(9-11-22)13-15(2)24/h4-7,12,15,24H,8-11,13H2,1-3H3/t15-/m0/s1. The van der Waals surface area contributed by atoms with E-state index in [1.165, 1.54) is 0 Å². The molecule has 134 valence electrons. The predicted molar refractivity (Wildman–Crippen MR) is 97.1 cm³/mol. The molecule has 1 aliphatic rings. The van der Waals surface area contributed by atoms with Crippen molar-refractivity contribution in [2.45, 2.75) is 26.9 Å². The lowest BCUT2D eigenvalue weighted by atomic mass is 10.1. The van der Waals surface area contributed by atoms with E-state index in [4.69, 9.17) is 0 Å². The van der Waals surface area contributed by atoms with E-state index in [-0.39, 0.29) is 12.0 Å². The van der Waals surface area contributed by atoms with E-state index in [1.807, 2.05) is 47.7 Å². The summed E-state index contributed by atoms with van der Waals surface area (Å²) in [6, 6.07) is 8.03. The average molecular weight is 342 g/mol. The van der Waals surface area contributed by atoms with Gasteiger partial charge in [-0.2, -0.15) is 5.10 Å². The maximum atomic E-state index is 12.9. The van der Waals surface area contributed by atoms with Crippen molar-refractivity contribution in [1.82, 2.24) is 19.6 Å². The number of hydrogen-bond acceptors (Lipinski definition) is 4. The Morgan fingerprint density at radius 2 is 1.88 bits per heavy atom. The zero-order chi connectivity index (χ0) is 18.0. The number of aryl methyl sites for hydroxylation is 1. The first-order valence-electron chi connectivity index (χ1n) is 8.77. The SMILES string of the molecule is Cc1ccccc1-n1ncc(C(=O)N2CCN(C[C@H](C)O)CC2)c1C. The van der Waals surface area contributed by atoms with Crippen LogP contribution in [-0.4, -0.2) is 69.4 Å². The molecule has 25 heavy (non-hydrogen) atoms. The second-order valence-corrected chi connectivity index (χ2v) is 6.78. The van der Waals surface area contributed by atoms with Gasteiger partial charge in [0.2, 0.25) is 0 Å². The summed E-state index contributed by atoms with van der Waals surface area (Å²) < 4.78 is 1.84. The molecule has 6 heteroatoms. The summed E-state index contributed by atoms with van der Waals surface area (Å²) in [5.74, 6) is 0.0361. The quantitative estimate of drug-likeness (QED) is 0.917. The Hall–Kier alpha value is -2.18. The Bertz CT molecular complexity index is 746. The molecule has 2 aromatic rings. The van der Waals surface area contributed by atoms with Crippen molar-refractivity contribution < 1.29 is 9.90 Å². The molecule has 1 atom stereocenters. The Labute approximate surface area is 148 Å². The largest absolute Gasteiger partial charge is 0.392 e. The third-order valence-electron chi connectivity index (χ3n) is 4.77. The van der Waals surface area contributed by atoms with E-state index in [0.717, 1.165) is 30.0 Å². The van der Waals surface area contributed by atoms with Crippen LogP contribution in [0.1, 0.15) is 28.5 Å². The van der Waals surface area contributed by atoms with E-state index in [0.29, 0.717) is 25.2 Å². The van der Waals surface area contributed by atoms with Gasteiger partial charge in [0, 0.05) is 32.7 Å². The van der Waals surface area contributed by atoms with Gasteiger partial charge in [0.1, 0.15) is 0 Å². The van der Waals surface area contributed by atoms with Gasteiger partial charge < -0.3 is 10.0 Å². The first kappa shape index (κ1) is 17.6. The van der Waals surface area contributed by atoms with Gasteiger partial charge in [-0.1, -0.05) is 18.2 Å². The Balaban J connectivity index is 1.73. The minimum absolute atomic E-state index is 0.0361. The molecule has 1 aromatic carbocycles. The lowest BCUT2D eigenvalue weighted by Gasteiger charge is -2.35. The number of carbonyl (C=O) groups is 1. The van der Waals surface area contributed by atoms with Gasteiger partial charge in [-0.25, -0.2) is 4.68 Å². The maximum Gasteiger partial charge on any atom is 0.257 e. The smallest absolute Gasteiger partial charge is 0.257 e. The van der Waals surface area contributed by atoms with Crippen molar-refractivity contribution in [3.63, 3.8) is 0 Å². The fourth-order valence-corrected chi connectivity index (χ4v) is 3.34. The maximum absolute atomic E-state index is 12.9. The topological polar surface area (TPSA) is 61.6 Å². The van der Waals surface area contributed by atoms with Crippen molar-refractivity contribution in [2.75, 3.05) is 32.7 Å². The van der Waals surface area contributed by atoms with Gasteiger partial charge in [0.15, 0.2) is 0 Å². The second-order valence-electron chi connectivity index (χ2n) is 6.78. The van der Waals surface area contributed by atoms with Crippen molar-refractivity contribution in [1.29, 1.82) is 0 Å². The number of hydrogen-bond donors (Lipinski definition) is 1. The summed E-state index contributed by atoms with van der Waals surface area (Å²) in [7, 11) is 0. The Morgan fingerprint density at radius 3 is 2.52 bits per heavy atom. The molecule has 1 aromatic heterocycles. The summed E-state index contributed by atoms with van der Waals surface area (Å²) in [4.78, 5) is 17.0. The van der Waals surface area contributed by atoms with Crippen LogP contribution in [0.3, 0.4) is 0 Å². The van der Waals surface area contributed by atoms with Gasteiger partial charge in [0.25, 0.3) is 5.91 Å². The highest BCUT2D eigenvalue weighted by atomic mass is 16.3. The normalized spacial score (nSPS) is 16.9. The van der Waals surface area contributed by atoms with Crippen LogP contribution < -0.4 is 0 Å². The van der Waals surface area contributed by atoms with E-state index >= 15 is 0 Å². The summed E-state index contributed by atoms with van der Waals surface area (Å²) in [5, 5.41) is 13.9. The van der Waals surface area contributed by atoms with E-state index < -0.39 is 0 Å². The molecular formula is C19H26N4O2. The first-order chi connectivity index (χ1) is 12.0. The van der Waals surface area contributed by atoms with Gasteiger partial charge in [-0.3, -0.25) is 9.69 Å². The van der Waals surface area contributed by atoms with Gasteiger partial charge in [-0.15, -0.1) is 0 Å². The summed E-state index contributed by atoms with van der Waals surface area (Å²) in [5.41, 5.74) is 3.65. The third-order valence-corrected chi connectivity index (χ3v) is 4.77. The van der Waals surface area contributed by atoms with Crippen LogP contribution in [0.4, 0.5) is 0 Å². The van der Waals surface area contributed by atoms with Crippen molar-refractivity contribution >= 4 is 5.91 Å². The van der Waals surface area contributed by atoms with Crippen molar-refractivity contribution in [3.8, 4) is 5.69 Å². The minimum atomic E-state index is -0.336. The van der Waals surface area contributed by atoms with E-state index in [2.05, 4.69) is 10.00 Å². The van der Waals surface area contributed by atoms with Crippen LogP contribution in [-0.2, 0) is 0 Å². The molecule has 1 amide bonds. The van der Waals surface area contributed by atoms with Gasteiger partial charge in [-0.05, 0) is 32.4 Å². The third kappa shape index (κ3) is 3.75. The van der Waals surface area contributed by atoms with Crippen LogP contribution >= 0.6 is 0 Å². The molecule has 6 nitrogen and oxygen atoms in total. The Morgan fingerprint density at radius 1 is 1.20 bits per heavy atom. The molecule has 1 fully saturated rings. The zero-order valence-corrected chi connectivity index (χ0v) is 15.1. The number of aliphatic hydroxyl groups is 1. The lowest BCUT2D eigenvalue weighted by Crippen LogP contribution is -2.50. The molecule has 1 aliphatic heterocycles. The predicted octanol–water partition coefficient (Wildman–Crippen LogP) is 1.63. The molecule has 1 N–H and O–H groups in total. The molecule has 1 saturated heterocycles. The second kappa shape index (κ2) is 7.37. The minimum Gasteiger partial charge on any atom is -0.392 e. The van der Waals surface area contributed by atoms with Crippen molar-refractivity contribution in [3.05, 3.63) is 47.3 Å². The number of benzene rings is 1. The number of β-amino-alcohol motifs (C(OH)–C–C–N with tert-alkyl or cyclic N) is 1.